The highest BCUT2D eigenvalue weighted by molar-refractivity contribution is 6.30. The molecule has 1 aromatic carbocycles. The number of hydrogen-bond acceptors (Lipinski definition) is 3. The predicted octanol–water partition coefficient (Wildman–Crippen LogP) is 1.68. The van der Waals surface area contributed by atoms with E-state index in [-0.39, 0.29) is 18.0 Å². The molecule has 2 fully saturated rings. The van der Waals surface area contributed by atoms with Gasteiger partial charge in [0.05, 0.1) is 0 Å². The van der Waals surface area contributed by atoms with Crippen LogP contribution in [0.1, 0.15) is 24.4 Å². The maximum Gasteiger partial charge on any atom is 0.325 e. The van der Waals surface area contributed by atoms with E-state index in [0.717, 1.165) is 31.5 Å². The van der Waals surface area contributed by atoms with Crippen LogP contribution < -0.4 is 10.6 Å². The molecule has 1 unspecified atom stereocenters. The number of imide groups is 1. The summed E-state index contributed by atoms with van der Waals surface area (Å²) in [6.07, 6.45) is 1.62. The minimum Gasteiger partial charge on any atom is -0.322 e. The molecule has 2 aliphatic rings. The second-order valence-corrected chi connectivity index (χ2v) is 5.56. The Morgan fingerprint density at radius 1 is 1.10 bits per heavy atom. The van der Waals surface area contributed by atoms with Crippen LogP contribution in [0.4, 0.5) is 4.79 Å². The third-order valence-electron chi connectivity index (χ3n) is 3.85. The number of piperidine rings is 1. The molecular weight excluding hydrogens is 278 g/mol. The average Bonchev–Trinajstić information content (AvgIpc) is 2.76. The second-order valence-electron chi connectivity index (χ2n) is 5.12. The summed E-state index contributed by atoms with van der Waals surface area (Å²) >= 11 is 5.84. The molecule has 6 heteroatoms. The van der Waals surface area contributed by atoms with E-state index in [0.29, 0.717) is 5.02 Å². The highest BCUT2D eigenvalue weighted by Gasteiger charge is 2.42. The summed E-state index contributed by atoms with van der Waals surface area (Å²) in [7, 11) is 0. The van der Waals surface area contributed by atoms with E-state index in [1.807, 2.05) is 0 Å². The van der Waals surface area contributed by atoms with Crippen molar-refractivity contribution in [2.24, 2.45) is 0 Å². The van der Waals surface area contributed by atoms with Crippen molar-refractivity contribution < 1.29 is 9.59 Å². The third kappa shape index (κ3) is 2.39. The number of nitrogens with zero attached hydrogens (tertiary/aromatic N) is 1. The number of carbonyl (C=O) groups is 2. The zero-order valence-electron chi connectivity index (χ0n) is 10.9. The van der Waals surface area contributed by atoms with E-state index in [1.54, 1.807) is 24.3 Å². The Kier molecular flexibility index (Phi) is 3.63. The van der Waals surface area contributed by atoms with Crippen molar-refractivity contribution in [2.75, 3.05) is 13.1 Å². The fourth-order valence-electron chi connectivity index (χ4n) is 2.79. The van der Waals surface area contributed by atoms with Gasteiger partial charge in [-0.2, -0.15) is 0 Å². The molecule has 0 radical (unpaired) electrons. The number of amides is 3. The van der Waals surface area contributed by atoms with Gasteiger partial charge in [0, 0.05) is 11.1 Å². The molecular formula is C14H16ClN3O2. The summed E-state index contributed by atoms with van der Waals surface area (Å²) in [5.41, 5.74) is 0.768. The average molecular weight is 294 g/mol. The number of hydrogen-bond donors (Lipinski definition) is 2. The van der Waals surface area contributed by atoms with Gasteiger partial charge < -0.3 is 10.6 Å². The van der Waals surface area contributed by atoms with E-state index < -0.39 is 6.04 Å². The van der Waals surface area contributed by atoms with E-state index in [4.69, 9.17) is 11.6 Å². The molecule has 1 aromatic rings. The molecule has 20 heavy (non-hydrogen) atoms. The molecule has 2 aliphatic heterocycles. The molecule has 1 atom stereocenters. The first kappa shape index (κ1) is 13.4. The summed E-state index contributed by atoms with van der Waals surface area (Å²) in [4.78, 5) is 26.0. The Morgan fingerprint density at radius 3 is 2.40 bits per heavy atom. The fourth-order valence-corrected chi connectivity index (χ4v) is 2.91. The van der Waals surface area contributed by atoms with Gasteiger partial charge in [-0.15, -0.1) is 0 Å². The van der Waals surface area contributed by atoms with Crippen LogP contribution >= 0.6 is 11.6 Å². The lowest BCUT2D eigenvalue weighted by atomic mass is 10.0. The summed E-state index contributed by atoms with van der Waals surface area (Å²) < 4.78 is 0. The molecule has 2 saturated heterocycles. The number of nitrogens with one attached hydrogen (secondary N) is 2. The highest BCUT2D eigenvalue weighted by atomic mass is 35.5. The van der Waals surface area contributed by atoms with Gasteiger partial charge in [0.25, 0.3) is 5.91 Å². The first-order valence-electron chi connectivity index (χ1n) is 6.76. The summed E-state index contributed by atoms with van der Waals surface area (Å²) in [5.74, 6) is -0.163. The molecule has 106 valence electrons. The van der Waals surface area contributed by atoms with Gasteiger partial charge in [-0.3, -0.25) is 9.69 Å². The van der Waals surface area contributed by atoms with Crippen molar-refractivity contribution in [3.05, 3.63) is 34.9 Å². The maximum absolute atomic E-state index is 12.5. The highest BCUT2D eigenvalue weighted by Crippen LogP contribution is 2.26. The second kappa shape index (κ2) is 5.42. The van der Waals surface area contributed by atoms with Crippen molar-refractivity contribution in [1.29, 1.82) is 0 Å². The number of benzene rings is 1. The van der Waals surface area contributed by atoms with Crippen LogP contribution in [0.3, 0.4) is 0 Å². The van der Waals surface area contributed by atoms with Gasteiger partial charge in [0.2, 0.25) is 0 Å². The van der Waals surface area contributed by atoms with Crippen molar-refractivity contribution in [3.8, 4) is 0 Å². The molecule has 5 nitrogen and oxygen atoms in total. The van der Waals surface area contributed by atoms with Crippen molar-refractivity contribution in [3.63, 3.8) is 0 Å². The molecule has 0 spiro atoms. The largest absolute Gasteiger partial charge is 0.325 e. The van der Waals surface area contributed by atoms with Crippen LogP contribution in [0.25, 0.3) is 0 Å². The number of carbonyl (C=O) groups excluding carboxylic acids is 2. The van der Waals surface area contributed by atoms with Crippen molar-refractivity contribution in [1.82, 2.24) is 15.5 Å². The molecule has 3 amide bonds. The Hall–Kier alpha value is -1.59. The molecule has 0 bridgehead atoms. The van der Waals surface area contributed by atoms with Gasteiger partial charge >= 0.3 is 6.03 Å². The van der Waals surface area contributed by atoms with E-state index in [2.05, 4.69) is 10.6 Å². The minimum atomic E-state index is -0.588. The van der Waals surface area contributed by atoms with Crippen molar-refractivity contribution in [2.45, 2.75) is 24.9 Å². The lowest BCUT2D eigenvalue weighted by Crippen LogP contribution is -2.46. The normalized spacial score (nSPS) is 24.1. The standard InChI is InChI=1S/C14H16ClN3O2/c15-10-3-1-9(2-4-10)12-13(19)18(14(20)17-12)11-5-7-16-8-6-11/h1-4,11-12,16H,5-8H2,(H,17,20). The Morgan fingerprint density at radius 2 is 1.75 bits per heavy atom. The Labute approximate surface area is 122 Å². The monoisotopic (exact) mass is 293 g/mol. The van der Waals surface area contributed by atoms with Crippen LogP contribution in [-0.4, -0.2) is 36.0 Å². The van der Waals surface area contributed by atoms with Crippen LogP contribution in [0, 0.1) is 0 Å². The van der Waals surface area contributed by atoms with Crippen LogP contribution in [0.2, 0.25) is 5.02 Å². The quantitative estimate of drug-likeness (QED) is 0.816. The number of halogens is 1. The molecule has 2 N–H and O–H groups in total. The van der Waals surface area contributed by atoms with Gasteiger partial charge in [-0.25, -0.2) is 4.79 Å². The van der Waals surface area contributed by atoms with Crippen LogP contribution in [0.15, 0.2) is 24.3 Å². The summed E-state index contributed by atoms with van der Waals surface area (Å²) in [6, 6.07) is 6.12. The zero-order chi connectivity index (χ0) is 14.1. The molecule has 0 saturated carbocycles. The topological polar surface area (TPSA) is 61.4 Å². The molecule has 0 aromatic heterocycles. The predicted molar refractivity (Wildman–Crippen MR) is 75.5 cm³/mol. The minimum absolute atomic E-state index is 0.000972. The smallest absolute Gasteiger partial charge is 0.322 e. The third-order valence-corrected chi connectivity index (χ3v) is 4.10. The SMILES string of the molecule is O=C1NC(c2ccc(Cl)cc2)C(=O)N1C1CCNCC1. The zero-order valence-corrected chi connectivity index (χ0v) is 11.7. The fraction of sp³-hybridized carbons (Fsp3) is 0.429. The molecule has 3 rings (SSSR count). The lowest BCUT2D eigenvalue weighted by Gasteiger charge is -2.29. The van der Waals surface area contributed by atoms with Crippen LogP contribution in [0.5, 0.6) is 0 Å². The van der Waals surface area contributed by atoms with Gasteiger partial charge in [-0.1, -0.05) is 23.7 Å². The lowest BCUT2D eigenvalue weighted by molar-refractivity contribution is -0.129. The summed E-state index contributed by atoms with van der Waals surface area (Å²) in [5, 5.41) is 6.61. The van der Waals surface area contributed by atoms with Gasteiger partial charge in [0.15, 0.2) is 0 Å². The van der Waals surface area contributed by atoms with E-state index in [1.165, 1.54) is 4.90 Å². The maximum atomic E-state index is 12.5. The Bertz CT molecular complexity index is 526. The summed E-state index contributed by atoms with van der Waals surface area (Å²) in [6.45, 7) is 1.68. The number of rotatable bonds is 2. The molecule has 0 aliphatic carbocycles. The van der Waals surface area contributed by atoms with E-state index in [9.17, 15) is 9.59 Å². The first-order valence-corrected chi connectivity index (χ1v) is 7.14. The first-order chi connectivity index (χ1) is 9.66. The van der Waals surface area contributed by atoms with Gasteiger partial charge in [-0.05, 0) is 43.6 Å². The van der Waals surface area contributed by atoms with Crippen LogP contribution in [-0.2, 0) is 4.79 Å². The van der Waals surface area contributed by atoms with Crippen molar-refractivity contribution >= 4 is 23.5 Å². The number of urea groups is 1. The molecule has 2 heterocycles. The Balaban J connectivity index is 1.80. The van der Waals surface area contributed by atoms with E-state index >= 15 is 0 Å². The van der Waals surface area contributed by atoms with Gasteiger partial charge in [0.1, 0.15) is 6.04 Å².